The van der Waals surface area contributed by atoms with E-state index in [1.165, 1.54) is 0 Å². The normalized spacial score (nSPS) is 10.8. The maximum Gasteiger partial charge on any atom is 0.133 e. The molecule has 0 aliphatic rings. The molecular formula is C18H34Cl2N2O2S2. The molecule has 0 aliphatic heterocycles. The zero-order valence-corrected chi connectivity index (χ0v) is 19.9. The van der Waals surface area contributed by atoms with Crippen LogP contribution >= 0.6 is 48.3 Å². The fraction of sp³-hybridized carbons (Fsp3) is 0.667. The average molecular weight is 446 g/mol. The second-order valence-corrected chi connectivity index (χ2v) is 8.83. The quantitative estimate of drug-likeness (QED) is 0.311. The van der Waals surface area contributed by atoms with E-state index in [1.807, 2.05) is 13.8 Å². The molecule has 0 amide bonds. The highest BCUT2D eigenvalue weighted by molar-refractivity contribution is 8.00. The van der Waals surface area contributed by atoms with Gasteiger partial charge in [-0.1, -0.05) is 0 Å². The van der Waals surface area contributed by atoms with Crippen molar-refractivity contribution in [2.75, 3.05) is 52.8 Å². The van der Waals surface area contributed by atoms with Crippen molar-refractivity contribution in [2.45, 2.75) is 36.5 Å². The van der Waals surface area contributed by atoms with Gasteiger partial charge < -0.3 is 20.0 Å². The Morgan fingerprint density at radius 2 is 1.00 bits per heavy atom. The van der Waals surface area contributed by atoms with Crippen molar-refractivity contribution in [3.8, 4) is 11.5 Å². The Hall–Kier alpha value is 0.0200. The van der Waals surface area contributed by atoms with Gasteiger partial charge in [0, 0.05) is 11.1 Å². The van der Waals surface area contributed by atoms with Crippen LogP contribution < -0.4 is 0 Å². The number of benzene rings is 1. The average Bonchev–Trinajstić information content (AvgIpc) is 2.51. The molecule has 0 atom stereocenters. The van der Waals surface area contributed by atoms with Gasteiger partial charge in [-0.25, -0.2) is 0 Å². The lowest BCUT2D eigenvalue weighted by molar-refractivity contribution is 0.409. The topological polar surface area (TPSA) is 46.9 Å². The Morgan fingerprint density at radius 1 is 0.692 bits per heavy atom. The Labute approximate surface area is 179 Å². The van der Waals surface area contributed by atoms with Crippen molar-refractivity contribution in [2.24, 2.45) is 0 Å². The van der Waals surface area contributed by atoms with E-state index in [0.29, 0.717) is 11.5 Å². The van der Waals surface area contributed by atoms with Crippen molar-refractivity contribution in [3.05, 3.63) is 11.1 Å². The SMILES string of the molecule is Cc1c(O)c(SCCCN(C)C)c(C)c(O)c1SCCCN(C)C.Cl.Cl. The number of halogens is 2. The third kappa shape index (κ3) is 8.81. The molecule has 154 valence electrons. The van der Waals surface area contributed by atoms with Crippen LogP contribution in [0.1, 0.15) is 24.0 Å². The molecule has 0 unspecified atom stereocenters. The van der Waals surface area contributed by atoms with Gasteiger partial charge in [-0.2, -0.15) is 0 Å². The van der Waals surface area contributed by atoms with E-state index < -0.39 is 0 Å². The van der Waals surface area contributed by atoms with Gasteiger partial charge >= 0.3 is 0 Å². The standard InChI is InChI=1S/C18H32N2O2S2.2ClH/c1-13-15(21)18(24-12-8-10-20(5)6)14(2)16(22)17(13)23-11-7-9-19(3)4;;/h21-22H,7-12H2,1-6H3;2*1H. The molecule has 1 aromatic rings. The third-order valence-corrected chi connectivity index (χ3v) is 6.38. The Kier molecular flexibility index (Phi) is 15.3. The number of phenols is 2. The summed E-state index contributed by atoms with van der Waals surface area (Å²) in [5.74, 6) is 2.52. The third-order valence-electron chi connectivity index (χ3n) is 3.81. The van der Waals surface area contributed by atoms with Crippen molar-refractivity contribution < 1.29 is 10.2 Å². The number of hydrogen-bond acceptors (Lipinski definition) is 6. The molecule has 0 saturated heterocycles. The lowest BCUT2D eigenvalue weighted by atomic mass is 10.1. The van der Waals surface area contributed by atoms with Crippen LogP contribution in [0, 0.1) is 13.8 Å². The van der Waals surface area contributed by atoms with Crippen molar-refractivity contribution >= 4 is 48.3 Å². The zero-order chi connectivity index (χ0) is 18.3. The van der Waals surface area contributed by atoms with Crippen LogP contribution in [0.4, 0.5) is 0 Å². The molecule has 2 N–H and O–H groups in total. The summed E-state index contributed by atoms with van der Waals surface area (Å²) >= 11 is 3.26. The molecule has 0 fully saturated rings. The van der Waals surface area contributed by atoms with Gasteiger partial charge in [-0.15, -0.1) is 48.3 Å². The predicted octanol–water partition coefficient (Wildman–Crippen LogP) is 4.65. The summed E-state index contributed by atoms with van der Waals surface area (Å²) in [6.45, 7) is 5.84. The van der Waals surface area contributed by atoms with Gasteiger partial charge in [-0.3, -0.25) is 0 Å². The van der Waals surface area contributed by atoms with E-state index in [9.17, 15) is 10.2 Å². The van der Waals surface area contributed by atoms with Gasteiger partial charge in [0.25, 0.3) is 0 Å². The minimum Gasteiger partial charge on any atom is -0.506 e. The van der Waals surface area contributed by atoms with Crippen LogP contribution in [0.25, 0.3) is 0 Å². The zero-order valence-electron chi connectivity index (χ0n) is 16.7. The molecule has 8 heteroatoms. The summed E-state index contributed by atoms with van der Waals surface area (Å²) in [7, 11) is 8.24. The minimum atomic E-state index is 0. The molecule has 1 aromatic carbocycles. The van der Waals surface area contributed by atoms with E-state index in [0.717, 1.165) is 58.4 Å². The molecule has 26 heavy (non-hydrogen) atoms. The van der Waals surface area contributed by atoms with E-state index in [2.05, 4.69) is 38.0 Å². The minimum absolute atomic E-state index is 0. The first-order valence-electron chi connectivity index (χ1n) is 8.35. The molecule has 1 rings (SSSR count). The predicted molar refractivity (Wildman–Crippen MR) is 122 cm³/mol. The summed E-state index contributed by atoms with van der Waals surface area (Å²) < 4.78 is 0. The molecule has 0 heterocycles. The maximum atomic E-state index is 10.6. The molecule has 0 aromatic heterocycles. The lowest BCUT2D eigenvalue weighted by Crippen LogP contribution is -2.13. The highest BCUT2D eigenvalue weighted by atomic mass is 35.5. The number of rotatable bonds is 10. The van der Waals surface area contributed by atoms with E-state index in [-0.39, 0.29) is 24.8 Å². The van der Waals surface area contributed by atoms with Crippen molar-refractivity contribution in [1.29, 1.82) is 0 Å². The molecule has 0 radical (unpaired) electrons. The number of aromatic hydroxyl groups is 2. The fourth-order valence-corrected chi connectivity index (χ4v) is 4.54. The Morgan fingerprint density at radius 3 is 1.27 bits per heavy atom. The highest BCUT2D eigenvalue weighted by Gasteiger charge is 2.19. The molecular weight excluding hydrogens is 411 g/mol. The summed E-state index contributed by atoms with van der Waals surface area (Å²) in [4.78, 5) is 5.95. The van der Waals surface area contributed by atoms with Crippen LogP contribution in [0.15, 0.2) is 9.79 Å². The second kappa shape index (κ2) is 14.1. The number of phenolic OH excluding ortho intramolecular Hbond substituents is 2. The first-order valence-corrected chi connectivity index (χ1v) is 10.3. The largest absolute Gasteiger partial charge is 0.506 e. The van der Waals surface area contributed by atoms with Gasteiger partial charge in [0.2, 0.25) is 0 Å². The van der Waals surface area contributed by atoms with Crippen LogP contribution in [0.3, 0.4) is 0 Å². The molecule has 0 spiro atoms. The fourth-order valence-electron chi connectivity index (χ4n) is 2.37. The van der Waals surface area contributed by atoms with Crippen LogP contribution in [0.2, 0.25) is 0 Å². The van der Waals surface area contributed by atoms with E-state index in [1.54, 1.807) is 23.5 Å². The number of nitrogens with zero attached hydrogens (tertiary/aromatic N) is 2. The molecule has 0 saturated carbocycles. The van der Waals surface area contributed by atoms with E-state index >= 15 is 0 Å². The number of hydrogen-bond donors (Lipinski definition) is 2. The first kappa shape index (κ1) is 28.2. The van der Waals surface area contributed by atoms with E-state index in [4.69, 9.17) is 0 Å². The molecule has 0 bridgehead atoms. The second-order valence-electron chi connectivity index (χ2n) is 6.62. The van der Waals surface area contributed by atoms with Gasteiger partial charge in [0.05, 0.1) is 9.79 Å². The highest BCUT2D eigenvalue weighted by Crippen LogP contribution is 2.46. The summed E-state index contributed by atoms with van der Waals surface area (Å²) in [6, 6.07) is 0. The smallest absolute Gasteiger partial charge is 0.133 e. The maximum absolute atomic E-state index is 10.6. The van der Waals surface area contributed by atoms with Crippen molar-refractivity contribution in [3.63, 3.8) is 0 Å². The summed E-state index contributed by atoms with van der Waals surface area (Å²) in [5, 5.41) is 21.1. The summed E-state index contributed by atoms with van der Waals surface area (Å²) in [6.07, 6.45) is 2.11. The van der Waals surface area contributed by atoms with Gasteiger partial charge in [0.1, 0.15) is 11.5 Å². The number of thioether (sulfide) groups is 2. The van der Waals surface area contributed by atoms with Crippen molar-refractivity contribution in [1.82, 2.24) is 9.80 Å². The first-order chi connectivity index (χ1) is 11.3. The Balaban J connectivity index is 0. The van der Waals surface area contributed by atoms with Crippen LogP contribution in [0.5, 0.6) is 11.5 Å². The van der Waals surface area contributed by atoms with Crippen LogP contribution in [-0.4, -0.2) is 72.8 Å². The van der Waals surface area contributed by atoms with Gasteiger partial charge in [0.15, 0.2) is 0 Å². The van der Waals surface area contributed by atoms with Gasteiger partial charge in [-0.05, 0) is 79.5 Å². The molecule has 0 aliphatic carbocycles. The van der Waals surface area contributed by atoms with Crippen LogP contribution in [-0.2, 0) is 0 Å². The summed E-state index contributed by atoms with van der Waals surface area (Å²) in [5.41, 5.74) is 1.59. The lowest BCUT2D eigenvalue weighted by Gasteiger charge is -2.18. The Bertz CT molecular complexity index is 468. The molecule has 4 nitrogen and oxygen atoms in total. The monoisotopic (exact) mass is 444 g/mol.